The molecule has 1 saturated heterocycles. The molecule has 0 aromatic heterocycles. The van der Waals surface area contributed by atoms with E-state index in [1.165, 1.54) is 16.7 Å². The van der Waals surface area contributed by atoms with Gasteiger partial charge in [0.05, 0.1) is 17.7 Å². The first kappa shape index (κ1) is 25.9. The smallest absolute Gasteiger partial charge is 0.270 e. The van der Waals surface area contributed by atoms with Gasteiger partial charge in [-0.15, -0.1) is 0 Å². The number of benzene rings is 3. The number of thioether (sulfide) groups is 1. The summed E-state index contributed by atoms with van der Waals surface area (Å²) in [4.78, 5) is 27.6. The monoisotopic (exact) mass is 582 g/mol. The minimum absolute atomic E-state index is 0.141. The normalized spacial score (nSPS) is 14.3. The first-order valence-corrected chi connectivity index (χ1v) is 13.0. The highest BCUT2D eigenvalue weighted by atomic mass is 79.9. The van der Waals surface area contributed by atoms with Crippen LogP contribution < -0.4 is 19.7 Å². The van der Waals surface area contributed by atoms with Crippen molar-refractivity contribution < 1.29 is 19.1 Å². The van der Waals surface area contributed by atoms with Crippen LogP contribution in [-0.2, 0) is 9.59 Å². The molecule has 0 spiro atoms. The third-order valence-corrected chi connectivity index (χ3v) is 7.17. The lowest BCUT2D eigenvalue weighted by Crippen LogP contribution is -2.27. The number of carbonyl (C=O) groups excluding carboxylic acids is 2. The topological polar surface area (TPSA) is 67.9 Å². The van der Waals surface area contributed by atoms with Crippen molar-refractivity contribution in [2.45, 2.75) is 13.8 Å². The summed E-state index contributed by atoms with van der Waals surface area (Å²) in [6.07, 6.45) is 1.77. The van der Waals surface area contributed by atoms with E-state index in [0.717, 1.165) is 26.9 Å². The summed E-state index contributed by atoms with van der Waals surface area (Å²) >= 11 is 10.2. The van der Waals surface area contributed by atoms with Crippen molar-refractivity contribution in [3.05, 3.63) is 86.7 Å². The van der Waals surface area contributed by atoms with Crippen LogP contribution in [0.1, 0.15) is 16.7 Å². The third-order valence-electron chi connectivity index (χ3n) is 5.41. The number of carbonyl (C=O) groups is 2. The van der Waals surface area contributed by atoms with Crippen molar-refractivity contribution in [3.63, 3.8) is 0 Å². The zero-order valence-corrected chi connectivity index (χ0v) is 23.1. The van der Waals surface area contributed by atoms with Crippen molar-refractivity contribution >= 4 is 73.5 Å². The van der Waals surface area contributed by atoms with Crippen LogP contribution in [0.25, 0.3) is 6.08 Å². The Labute approximate surface area is 227 Å². The number of amides is 2. The van der Waals surface area contributed by atoms with Gasteiger partial charge in [0.1, 0.15) is 11.5 Å². The molecule has 9 heteroatoms. The summed E-state index contributed by atoms with van der Waals surface area (Å²) in [6, 6.07) is 18.3. The number of rotatable bonds is 7. The van der Waals surface area contributed by atoms with E-state index in [-0.39, 0.29) is 18.4 Å². The van der Waals surface area contributed by atoms with Gasteiger partial charge in [0.15, 0.2) is 10.9 Å². The van der Waals surface area contributed by atoms with E-state index in [2.05, 4.69) is 21.2 Å². The van der Waals surface area contributed by atoms with Crippen LogP contribution in [0.3, 0.4) is 0 Å². The quantitative estimate of drug-likeness (QED) is 0.253. The molecule has 0 unspecified atom stereocenters. The zero-order valence-electron chi connectivity index (χ0n) is 19.8. The maximum absolute atomic E-state index is 13.1. The molecule has 1 fully saturated rings. The Morgan fingerprint density at radius 3 is 2.44 bits per heavy atom. The van der Waals surface area contributed by atoms with Gasteiger partial charge in [-0.2, -0.15) is 0 Å². The van der Waals surface area contributed by atoms with Gasteiger partial charge in [0, 0.05) is 10.2 Å². The molecule has 1 heterocycles. The van der Waals surface area contributed by atoms with E-state index in [9.17, 15) is 9.59 Å². The molecule has 3 aromatic carbocycles. The Morgan fingerprint density at radius 2 is 1.78 bits per heavy atom. The molecule has 0 saturated carbocycles. The molecule has 0 atom stereocenters. The van der Waals surface area contributed by atoms with E-state index >= 15 is 0 Å². The van der Waals surface area contributed by atoms with Crippen molar-refractivity contribution in [1.29, 1.82) is 0 Å². The van der Waals surface area contributed by atoms with Crippen LogP contribution in [0.5, 0.6) is 11.5 Å². The van der Waals surface area contributed by atoms with Gasteiger partial charge in [-0.05, 0) is 85.1 Å². The van der Waals surface area contributed by atoms with E-state index in [1.54, 1.807) is 49.6 Å². The van der Waals surface area contributed by atoms with Crippen LogP contribution >= 0.6 is 39.9 Å². The SMILES string of the molecule is COc1ccc(N2C(=O)/C(=C/c3cccc(OCC(=O)Nc4c(C)cc(Br)cc4C)c3)SC2=S)cc1. The number of halogens is 1. The Kier molecular flexibility index (Phi) is 8.13. The molecule has 1 N–H and O–H groups in total. The minimum Gasteiger partial charge on any atom is -0.497 e. The number of ether oxygens (including phenoxy) is 2. The predicted octanol–water partition coefficient (Wildman–Crippen LogP) is 6.50. The minimum atomic E-state index is -0.255. The second-order valence-corrected chi connectivity index (χ2v) is 10.6. The Balaban J connectivity index is 1.42. The predicted molar refractivity (Wildman–Crippen MR) is 153 cm³/mol. The second-order valence-electron chi connectivity index (χ2n) is 8.04. The number of hydrogen-bond donors (Lipinski definition) is 1. The fourth-order valence-corrected chi connectivity index (χ4v) is 5.69. The number of anilines is 2. The lowest BCUT2D eigenvalue weighted by molar-refractivity contribution is -0.118. The van der Waals surface area contributed by atoms with Crippen molar-refractivity contribution in [1.82, 2.24) is 0 Å². The maximum Gasteiger partial charge on any atom is 0.270 e. The van der Waals surface area contributed by atoms with Crippen LogP contribution in [0.15, 0.2) is 70.0 Å². The summed E-state index contributed by atoms with van der Waals surface area (Å²) in [5.74, 6) is 0.775. The number of aryl methyl sites for hydroxylation is 2. The van der Waals surface area contributed by atoms with E-state index in [4.69, 9.17) is 21.7 Å². The highest BCUT2D eigenvalue weighted by molar-refractivity contribution is 9.10. The standard InChI is InChI=1S/C27H23BrN2O4S2/c1-16-11-19(28)12-17(2)25(16)29-24(31)15-34-22-6-4-5-18(13-22)14-23-26(32)30(27(35)36-23)20-7-9-21(33-3)10-8-20/h4-14H,15H2,1-3H3,(H,29,31)/b23-14-. The second kappa shape index (κ2) is 11.3. The van der Waals surface area contributed by atoms with Gasteiger partial charge in [-0.25, -0.2) is 0 Å². The Bertz CT molecular complexity index is 1350. The van der Waals surface area contributed by atoms with Crippen LogP contribution in [0.4, 0.5) is 11.4 Å². The highest BCUT2D eigenvalue weighted by Gasteiger charge is 2.33. The average molecular weight is 584 g/mol. The fraction of sp³-hybridized carbons (Fsp3) is 0.148. The number of methoxy groups -OCH3 is 1. The molecule has 6 nitrogen and oxygen atoms in total. The lowest BCUT2D eigenvalue weighted by atomic mass is 10.1. The molecular formula is C27H23BrN2O4S2. The average Bonchev–Trinajstić information content (AvgIpc) is 3.12. The van der Waals surface area contributed by atoms with Gasteiger partial charge in [0.2, 0.25) is 0 Å². The molecule has 1 aliphatic rings. The van der Waals surface area contributed by atoms with E-state index < -0.39 is 0 Å². The van der Waals surface area contributed by atoms with Crippen LogP contribution in [0, 0.1) is 13.8 Å². The maximum atomic E-state index is 13.1. The van der Waals surface area contributed by atoms with Gasteiger partial charge < -0.3 is 14.8 Å². The molecule has 1 aliphatic heterocycles. The molecule has 184 valence electrons. The fourth-order valence-electron chi connectivity index (χ4n) is 3.70. The number of nitrogens with zero attached hydrogens (tertiary/aromatic N) is 1. The molecule has 4 rings (SSSR count). The Morgan fingerprint density at radius 1 is 1.08 bits per heavy atom. The lowest BCUT2D eigenvalue weighted by Gasteiger charge is -2.14. The number of thiocarbonyl (C=S) groups is 1. The van der Waals surface area contributed by atoms with Gasteiger partial charge in [-0.1, -0.05) is 52.0 Å². The summed E-state index contributed by atoms with van der Waals surface area (Å²) in [7, 11) is 1.59. The summed E-state index contributed by atoms with van der Waals surface area (Å²) in [6.45, 7) is 3.74. The van der Waals surface area contributed by atoms with Crippen LogP contribution in [0.2, 0.25) is 0 Å². The Hall–Kier alpha value is -3.14. The van der Waals surface area contributed by atoms with Gasteiger partial charge >= 0.3 is 0 Å². The largest absolute Gasteiger partial charge is 0.497 e. The summed E-state index contributed by atoms with van der Waals surface area (Å²) < 4.78 is 12.3. The molecule has 0 radical (unpaired) electrons. The van der Waals surface area contributed by atoms with Gasteiger partial charge in [-0.3, -0.25) is 14.5 Å². The van der Waals surface area contributed by atoms with Crippen molar-refractivity contribution in [2.75, 3.05) is 23.9 Å². The molecule has 0 bridgehead atoms. The first-order valence-electron chi connectivity index (χ1n) is 11.0. The number of hydrogen-bond acceptors (Lipinski definition) is 6. The van der Waals surface area contributed by atoms with Crippen molar-refractivity contribution in [2.24, 2.45) is 0 Å². The summed E-state index contributed by atoms with van der Waals surface area (Å²) in [5.41, 5.74) is 4.15. The highest BCUT2D eigenvalue weighted by Crippen LogP contribution is 2.36. The van der Waals surface area contributed by atoms with Crippen molar-refractivity contribution in [3.8, 4) is 11.5 Å². The third kappa shape index (κ3) is 5.98. The van der Waals surface area contributed by atoms with Gasteiger partial charge in [0.25, 0.3) is 11.8 Å². The molecule has 2 amide bonds. The number of nitrogens with one attached hydrogen (secondary N) is 1. The molecular weight excluding hydrogens is 560 g/mol. The van der Waals surface area contributed by atoms with E-state index in [0.29, 0.717) is 26.4 Å². The zero-order chi connectivity index (χ0) is 25.8. The molecule has 3 aromatic rings. The first-order chi connectivity index (χ1) is 17.2. The van der Waals surface area contributed by atoms with Crippen LogP contribution in [-0.4, -0.2) is 29.9 Å². The van der Waals surface area contributed by atoms with E-state index in [1.807, 2.05) is 38.1 Å². The molecule has 36 heavy (non-hydrogen) atoms. The summed E-state index contributed by atoms with van der Waals surface area (Å²) in [5, 5.41) is 2.92. The molecule has 0 aliphatic carbocycles.